The predicted molar refractivity (Wildman–Crippen MR) is 67.5 cm³/mol. The number of hydrogen-bond donors (Lipinski definition) is 1. The number of nitrogens with zero attached hydrogens (tertiary/aromatic N) is 2. The van der Waals surface area contributed by atoms with Gasteiger partial charge in [-0.1, -0.05) is 6.07 Å². The predicted octanol–water partition coefficient (Wildman–Crippen LogP) is 2.41. The molecule has 1 heterocycles. The fraction of sp³-hybridized carbons (Fsp3) is 0.154. The molecule has 104 valence electrons. The van der Waals surface area contributed by atoms with Crippen molar-refractivity contribution >= 4 is 11.6 Å². The number of rotatable bonds is 4. The maximum atomic E-state index is 13.4. The maximum Gasteiger partial charge on any atom is 0.316 e. The summed E-state index contributed by atoms with van der Waals surface area (Å²) in [6.07, 6.45) is 2.57. The quantitative estimate of drug-likeness (QED) is 0.933. The lowest BCUT2D eigenvalue weighted by molar-refractivity contribution is 0.101. The fourth-order valence-corrected chi connectivity index (χ4v) is 1.49. The van der Waals surface area contributed by atoms with Crippen molar-refractivity contribution in [1.29, 1.82) is 0 Å². The first-order chi connectivity index (χ1) is 9.61. The van der Waals surface area contributed by atoms with E-state index in [1.165, 1.54) is 18.5 Å². The van der Waals surface area contributed by atoms with Gasteiger partial charge in [0.1, 0.15) is 17.2 Å². The van der Waals surface area contributed by atoms with Crippen molar-refractivity contribution in [1.82, 2.24) is 9.97 Å². The van der Waals surface area contributed by atoms with Crippen molar-refractivity contribution in [3.63, 3.8) is 0 Å². The third-order valence-corrected chi connectivity index (χ3v) is 2.35. The van der Waals surface area contributed by atoms with Gasteiger partial charge in [0.15, 0.2) is 0 Å². The Kier molecular flexibility index (Phi) is 4.19. The molecule has 0 fully saturated rings. The molecular formula is C13H11F2N3O2. The zero-order chi connectivity index (χ0) is 14.5. The Hall–Kier alpha value is -2.57. The molecule has 20 heavy (non-hydrogen) atoms. The first-order valence-corrected chi connectivity index (χ1v) is 5.82. The second-order valence-electron chi connectivity index (χ2n) is 3.74. The van der Waals surface area contributed by atoms with Crippen molar-refractivity contribution in [3.8, 4) is 6.01 Å². The molecule has 5 nitrogen and oxygen atoms in total. The Morgan fingerprint density at radius 2 is 1.85 bits per heavy atom. The monoisotopic (exact) mass is 279 g/mol. The topological polar surface area (TPSA) is 64.1 Å². The van der Waals surface area contributed by atoms with E-state index < -0.39 is 23.1 Å². The van der Waals surface area contributed by atoms with Crippen LogP contribution >= 0.6 is 0 Å². The number of amides is 1. The van der Waals surface area contributed by atoms with Crippen LogP contribution in [0.5, 0.6) is 6.01 Å². The maximum absolute atomic E-state index is 13.4. The molecule has 0 aliphatic rings. The molecule has 0 aliphatic carbocycles. The van der Waals surface area contributed by atoms with Gasteiger partial charge in [0.2, 0.25) is 0 Å². The summed E-state index contributed by atoms with van der Waals surface area (Å²) >= 11 is 0. The van der Waals surface area contributed by atoms with Crippen molar-refractivity contribution in [2.75, 3.05) is 11.9 Å². The molecule has 0 aliphatic heterocycles. The van der Waals surface area contributed by atoms with E-state index in [0.29, 0.717) is 6.61 Å². The molecule has 1 N–H and O–H groups in total. The molecule has 1 aromatic carbocycles. The lowest BCUT2D eigenvalue weighted by Crippen LogP contribution is -2.16. The number of hydrogen-bond acceptors (Lipinski definition) is 4. The van der Waals surface area contributed by atoms with Gasteiger partial charge in [0.25, 0.3) is 5.91 Å². The molecule has 2 rings (SSSR count). The minimum absolute atomic E-state index is 0.155. The lowest BCUT2D eigenvalue weighted by Gasteiger charge is -2.07. The number of ether oxygens (including phenoxy) is 1. The average Bonchev–Trinajstić information content (AvgIpc) is 2.41. The van der Waals surface area contributed by atoms with Gasteiger partial charge < -0.3 is 10.1 Å². The molecule has 0 unspecified atom stereocenters. The third kappa shape index (κ3) is 3.05. The molecular weight excluding hydrogens is 268 g/mol. The highest BCUT2D eigenvalue weighted by Crippen LogP contribution is 2.15. The summed E-state index contributed by atoms with van der Waals surface area (Å²) in [6, 6.07) is 3.35. The number of nitrogens with one attached hydrogen (secondary N) is 1. The van der Waals surface area contributed by atoms with Gasteiger partial charge in [0, 0.05) is 0 Å². The minimum Gasteiger partial charge on any atom is -0.464 e. The summed E-state index contributed by atoms with van der Waals surface area (Å²) in [7, 11) is 0. The highest BCUT2D eigenvalue weighted by atomic mass is 19.1. The molecule has 0 bridgehead atoms. The van der Waals surface area contributed by atoms with Crippen LogP contribution in [0.25, 0.3) is 0 Å². The second kappa shape index (κ2) is 6.05. The summed E-state index contributed by atoms with van der Waals surface area (Å²) in [5.41, 5.74) is -0.442. The van der Waals surface area contributed by atoms with Crippen LogP contribution in [0.15, 0.2) is 30.6 Å². The van der Waals surface area contributed by atoms with Crippen molar-refractivity contribution in [3.05, 3.63) is 47.8 Å². The van der Waals surface area contributed by atoms with E-state index in [4.69, 9.17) is 4.74 Å². The molecule has 0 saturated heterocycles. The molecule has 0 radical (unpaired) electrons. The summed E-state index contributed by atoms with van der Waals surface area (Å²) in [5, 5.41) is 2.31. The summed E-state index contributed by atoms with van der Waals surface area (Å²) in [6.45, 7) is 2.19. The van der Waals surface area contributed by atoms with E-state index >= 15 is 0 Å². The molecule has 7 heteroatoms. The Morgan fingerprint density at radius 1 is 1.25 bits per heavy atom. The van der Waals surface area contributed by atoms with Gasteiger partial charge in [0.05, 0.1) is 24.7 Å². The summed E-state index contributed by atoms with van der Waals surface area (Å²) in [4.78, 5) is 19.4. The number of anilines is 1. The second-order valence-corrected chi connectivity index (χ2v) is 3.74. The number of halogens is 2. The zero-order valence-corrected chi connectivity index (χ0v) is 10.6. The van der Waals surface area contributed by atoms with Gasteiger partial charge in [-0.15, -0.1) is 0 Å². The van der Waals surface area contributed by atoms with Crippen LogP contribution in [0, 0.1) is 11.6 Å². The molecule has 0 spiro atoms. The van der Waals surface area contributed by atoms with E-state index in [2.05, 4.69) is 15.3 Å². The lowest BCUT2D eigenvalue weighted by atomic mass is 10.2. The van der Waals surface area contributed by atoms with Crippen LogP contribution < -0.4 is 10.1 Å². The van der Waals surface area contributed by atoms with Gasteiger partial charge in [-0.25, -0.2) is 18.7 Å². The first-order valence-electron chi connectivity index (χ1n) is 5.82. The molecule has 2 aromatic rings. The largest absolute Gasteiger partial charge is 0.464 e. The Labute approximate surface area is 113 Å². The first kappa shape index (κ1) is 13.9. The van der Waals surface area contributed by atoms with Gasteiger partial charge in [-0.05, 0) is 19.1 Å². The van der Waals surface area contributed by atoms with Crippen LogP contribution in [-0.2, 0) is 0 Å². The molecule has 1 aromatic heterocycles. The summed E-state index contributed by atoms with van der Waals surface area (Å²) in [5.74, 6) is -2.78. The van der Waals surface area contributed by atoms with E-state index in [-0.39, 0.29) is 11.7 Å². The van der Waals surface area contributed by atoms with Crippen LogP contribution in [0.3, 0.4) is 0 Å². The van der Waals surface area contributed by atoms with E-state index in [0.717, 1.165) is 12.1 Å². The molecule has 0 atom stereocenters. The standard InChI is InChI=1S/C13H11F2N3O2/c1-2-20-13-16-6-8(7-17-13)18-12(19)11-9(14)4-3-5-10(11)15/h3-7H,2H2,1H3,(H,18,19). The van der Waals surface area contributed by atoms with E-state index in [1.54, 1.807) is 6.92 Å². The summed E-state index contributed by atoms with van der Waals surface area (Å²) < 4.78 is 31.9. The Balaban J connectivity index is 2.15. The van der Waals surface area contributed by atoms with E-state index in [1.807, 2.05) is 0 Å². The van der Waals surface area contributed by atoms with Crippen LogP contribution in [0.1, 0.15) is 17.3 Å². The van der Waals surface area contributed by atoms with Crippen LogP contribution in [-0.4, -0.2) is 22.5 Å². The smallest absolute Gasteiger partial charge is 0.316 e. The van der Waals surface area contributed by atoms with Gasteiger partial charge >= 0.3 is 6.01 Å². The van der Waals surface area contributed by atoms with Crippen molar-refractivity contribution < 1.29 is 18.3 Å². The third-order valence-electron chi connectivity index (χ3n) is 2.35. The van der Waals surface area contributed by atoms with Crippen molar-refractivity contribution in [2.45, 2.75) is 6.92 Å². The average molecular weight is 279 g/mol. The number of carbonyl (C=O) groups is 1. The highest BCUT2D eigenvalue weighted by Gasteiger charge is 2.17. The Morgan fingerprint density at radius 3 is 2.40 bits per heavy atom. The number of benzene rings is 1. The van der Waals surface area contributed by atoms with Crippen molar-refractivity contribution in [2.24, 2.45) is 0 Å². The van der Waals surface area contributed by atoms with Crippen LogP contribution in [0.2, 0.25) is 0 Å². The SMILES string of the molecule is CCOc1ncc(NC(=O)c2c(F)cccc2F)cn1. The Bertz CT molecular complexity index is 597. The van der Waals surface area contributed by atoms with Crippen LogP contribution in [0.4, 0.5) is 14.5 Å². The minimum atomic E-state index is -0.936. The van der Waals surface area contributed by atoms with Gasteiger partial charge in [-0.2, -0.15) is 0 Å². The number of aromatic nitrogens is 2. The van der Waals surface area contributed by atoms with Gasteiger partial charge in [-0.3, -0.25) is 4.79 Å². The molecule has 1 amide bonds. The fourth-order valence-electron chi connectivity index (χ4n) is 1.49. The zero-order valence-electron chi connectivity index (χ0n) is 10.6. The molecule has 0 saturated carbocycles. The van der Waals surface area contributed by atoms with E-state index in [9.17, 15) is 13.6 Å². The normalized spacial score (nSPS) is 10.2. The number of carbonyl (C=O) groups excluding carboxylic acids is 1. The highest BCUT2D eigenvalue weighted by molar-refractivity contribution is 6.04.